The summed E-state index contributed by atoms with van der Waals surface area (Å²) in [5.74, 6) is 2.38. The highest BCUT2D eigenvalue weighted by Gasteiger charge is 2.40. The molecule has 1 N–H and O–H groups in total. The molecule has 2 atom stereocenters. The Morgan fingerprint density at radius 2 is 1.69 bits per heavy atom. The van der Waals surface area contributed by atoms with Gasteiger partial charge in [-0.05, 0) is 42.3 Å². The normalized spacial score (nSPS) is 18.7. The fourth-order valence-electron chi connectivity index (χ4n) is 4.54. The van der Waals surface area contributed by atoms with Gasteiger partial charge in [0.1, 0.15) is 30.0 Å². The maximum atomic E-state index is 6.63. The standard InChI is InChI=1S/C26H22N4O2/c1-16-7-9-18(10-8-16)25-22-23(20-5-3-4-6-21(20)32-25)29-26-27-15-28-30(26)24(22)17-11-13-19(31-2)14-12-17/h3-15,24-25H,1-2H3,(H,27,28,29)/t24-,25+/m0/s1. The van der Waals surface area contributed by atoms with Crippen LogP contribution in [0.4, 0.5) is 5.95 Å². The number of fused-ring (bicyclic) bond motifs is 3. The van der Waals surface area contributed by atoms with E-state index in [4.69, 9.17) is 9.47 Å². The van der Waals surface area contributed by atoms with Crippen molar-refractivity contribution >= 4 is 11.6 Å². The maximum Gasteiger partial charge on any atom is 0.226 e. The van der Waals surface area contributed by atoms with E-state index in [2.05, 4.69) is 64.8 Å². The molecule has 6 heteroatoms. The van der Waals surface area contributed by atoms with Gasteiger partial charge in [-0.25, -0.2) is 4.68 Å². The molecule has 2 aliphatic heterocycles. The van der Waals surface area contributed by atoms with Crippen LogP contribution in [-0.4, -0.2) is 21.9 Å². The molecular formula is C26H22N4O2. The van der Waals surface area contributed by atoms with Gasteiger partial charge in [0.25, 0.3) is 0 Å². The van der Waals surface area contributed by atoms with E-state index < -0.39 is 0 Å². The van der Waals surface area contributed by atoms with Gasteiger partial charge < -0.3 is 14.8 Å². The second-order valence-electron chi connectivity index (χ2n) is 8.06. The van der Waals surface area contributed by atoms with E-state index in [1.165, 1.54) is 5.56 Å². The molecule has 6 nitrogen and oxygen atoms in total. The molecule has 6 rings (SSSR count). The van der Waals surface area contributed by atoms with Crippen molar-refractivity contribution in [2.24, 2.45) is 0 Å². The zero-order valence-electron chi connectivity index (χ0n) is 17.8. The first kappa shape index (κ1) is 18.7. The second kappa shape index (κ2) is 7.27. The van der Waals surface area contributed by atoms with E-state index in [-0.39, 0.29) is 12.1 Å². The zero-order valence-corrected chi connectivity index (χ0v) is 17.8. The molecule has 4 aromatic rings. The summed E-state index contributed by atoms with van der Waals surface area (Å²) >= 11 is 0. The number of methoxy groups -OCH3 is 1. The Hall–Kier alpha value is -4.06. The number of hydrogen-bond acceptors (Lipinski definition) is 5. The van der Waals surface area contributed by atoms with Crippen molar-refractivity contribution in [2.45, 2.75) is 19.1 Å². The van der Waals surface area contributed by atoms with Crippen LogP contribution in [0.25, 0.3) is 5.70 Å². The molecule has 1 aromatic heterocycles. The summed E-state index contributed by atoms with van der Waals surface area (Å²) in [5, 5.41) is 8.10. The average molecular weight is 422 g/mol. The second-order valence-corrected chi connectivity index (χ2v) is 8.06. The Morgan fingerprint density at radius 3 is 2.47 bits per heavy atom. The first-order chi connectivity index (χ1) is 15.7. The van der Waals surface area contributed by atoms with Gasteiger partial charge in [-0.1, -0.05) is 54.1 Å². The topological polar surface area (TPSA) is 61.2 Å². The van der Waals surface area contributed by atoms with Crippen LogP contribution in [-0.2, 0) is 0 Å². The number of hydrogen-bond donors (Lipinski definition) is 1. The Kier molecular flexibility index (Phi) is 4.24. The number of anilines is 1. The summed E-state index contributed by atoms with van der Waals surface area (Å²) in [6, 6.07) is 24.6. The smallest absolute Gasteiger partial charge is 0.226 e. The zero-order chi connectivity index (χ0) is 21.7. The van der Waals surface area contributed by atoms with Crippen LogP contribution in [0.2, 0.25) is 0 Å². The Bertz CT molecular complexity index is 1320. The lowest BCUT2D eigenvalue weighted by atomic mass is 9.84. The summed E-state index contributed by atoms with van der Waals surface area (Å²) in [4.78, 5) is 4.48. The van der Waals surface area contributed by atoms with Crippen LogP contribution >= 0.6 is 0 Å². The van der Waals surface area contributed by atoms with Crippen molar-refractivity contribution in [1.29, 1.82) is 0 Å². The summed E-state index contributed by atoms with van der Waals surface area (Å²) in [6.45, 7) is 2.09. The number of benzene rings is 3. The van der Waals surface area contributed by atoms with E-state index in [1.54, 1.807) is 13.4 Å². The molecule has 158 valence electrons. The van der Waals surface area contributed by atoms with Gasteiger partial charge in [-0.15, -0.1) is 0 Å². The lowest BCUT2D eigenvalue weighted by Crippen LogP contribution is -2.32. The number of para-hydroxylation sites is 1. The first-order valence-corrected chi connectivity index (χ1v) is 10.6. The summed E-state index contributed by atoms with van der Waals surface area (Å²) in [5.41, 5.74) is 6.56. The van der Waals surface area contributed by atoms with Crippen LogP contribution in [0.15, 0.2) is 84.7 Å². The number of rotatable bonds is 3. The molecule has 0 saturated heterocycles. The predicted molar refractivity (Wildman–Crippen MR) is 123 cm³/mol. The van der Waals surface area contributed by atoms with Crippen LogP contribution in [0.3, 0.4) is 0 Å². The van der Waals surface area contributed by atoms with Crippen LogP contribution in [0.5, 0.6) is 11.5 Å². The molecule has 0 spiro atoms. The van der Waals surface area contributed by atoms with Gasteiger partial charge in [0.15, 0.2) is 0 Å². The minimum absolute atomic E-state index is 0.172. The number of ether oxygens (including phenoxy) is 2. The lowest BCUT2D eigenvalue weighted by Gasteiger charge is -2.39. The van der Waals surface area contributed by atoms with Gasteiger partial charge >= 0.3 is 0 Å². The van der Waals surface area contributed by atoms with E-state index in [0.717, 1.165) is 39.5 Å². The molecule has 0 radical (unpaired) electrons. The van der Waals surface area contributed by atoms with Gasteiger partial charge in [-0.3, -0.25) is 0 Å². The quantitative estimate of drug-likeness (QED) is 0.494. The largest absolute Gasteiger partial charge is 0.497 e. The molecule has 3 aromatic carbocycles. The summed E-state index contributed by atoms with van der Waals surface area (Å²) in [6.07, 6.45) is 1.32. The Balaban J connectivity index is 1.60. The molecule has 2 aliphatic rings. The molecular weight excluding hydrogens is 400 g/mol. The lowest BCUT2D eigenvalue weighted by molar-refractivity contribution is 0.223. The Labute approximate surface area is 186 Å². The third-order valence-corrected chi connectivity index (χ3v) is 6.13. The average Bonchev–Trinajstić information content (AvgIpc) is 3.31. The third-order valence-electron chi connectivity index (χ3n) is 6.13. The Morgan fingerprint density at radius 1 is 0.938 bits per heavy atom. The summed E-state index contributed by atoms with van der Waals surface area (Å²) in [7, 11) is 1.68. The van der Waals surface area contributed by atoms with Gasteiger partial charge in [0.05, 0.1) is 12.8 Å². The molecule has 0 saturated carbocycles. The molecule has 0 amide bonds. The van der Waals surface area contributed by atoms with Gasteiger partial charge in [-0.2, -0.15) is 10.1 Å². The molecule has 0 bridgehead atoms. The third kappa shape index (κ3) is 2.87. The van der Waals surface area contributed by atoms with Crippen LogP contribution < -0.4 is 14.8 Å². The highest BCUT2D eigenvalue weighted by Crippen LogP contribution is 2.50. The van der Waals surface area contributed by atoms with Crippen molar-refractivity contribution in [3.05, 3.63) is 107 Å². The number of nitrogens with one attached hydrogen (secondary N) is 1. The number of nitrogens with zero attached hydrogens (tertiary/aromatic N) is 3. The fourth-order valence-corrected chi connectivity index (χ4v) is 4.54. The van der Waals surface area contributed by atoms with Crippen molar-refractivity contribution in [1.82, 2.24) is 14.8 Å². The minimum Gasteiger partial charge on any atom is -0.497 e. The minimum atomic E-state index is -0.266. The molecule has 0 fully saturated rings. The predicted octanol–water partition coefficient (Wildman–Crippen LogP) is 5.16. The monoisotopic (exact) mass is 422 g/mol. The summed E-state index contributed by atoms with van der Waals surface area (Å²) < 4.78 is 13.9. The molecule has 0 unspecified atom stereocenters. The molecule has 3 heterocycles. The van der Waals surface area contributed by atoms with Crippen molar-refractivity contribution in [3.8, 4) is 11.5 Å². The highest BCUT2D eigenvalue weighted by atomic mass is 16.5. The maximum absolute atomic E-state index is 6.63. The number of aryl methyl sites for hydroxylation is 1. The molecule has 32 heavy (non-hydrogen) atoms. The van der Waals surface area contributed by atoms with Crippen molar-refractivity contribution in [2.75, 3.05) is 12.4 Å². The van der Waals surface area contributed by atoms with Gasteiger partial charge in [0, 0.05) is 11.1 Å². The van der Waals surface area contributed by atoms with Crippen molar-refractivity contribution in [3.63, 3.8) is 0 Å². The SMILES string of the molecule is COc1ccc([C@H]2C3=C(Nc4ncnn42)c2ccccc2O[C@@H]3c2ccc(C)cc2)cc1. The van der Waals surface area contributed by atoms with E-state index >= 15 is 0 Å². The van der Waals surface area contributed by atoms with Crippen LogP contribution in [0, 0.1) is 6.92 Å². The van der Waals surface area contributed by atoms with E-state index in [1.807, 2.05) is 35.0 Å². The highest BCUT2D eigenvalue weighted by molar-refractivity contribution is 5.85. The van der Waals surface area contributed by atoms with Gasteiger partial charge in [0.2, 0.25) is 5.95 Å². The number of aromatic nitrogens is 3. The van der Waals surface area contributed by atoms with E-state index in [0.29, 0.717) is 5.95 Å². The van der Waals surface area contributed by atoms with Crippen molar-refractivity contribution < 1.29 is 9.47 Å². The van der Waals surface area contributed by atoms with E-state index in [9.17, 15) is 0 Å². The van der Waals surface area contributed by atoms with Crippen LogP contribution in [0.1, 0.15) is 34.4 Å². The first-order valence-electron chi connectivity index (χ1n) is 10.6. The fraction of sp³-hybridized carbons (Fsp3) is 0.154. The molecule has 0 aliphatic carbocycles.